The van der Waals surface area contributed by atoms with E-state index in [4.69, 9.17) is 0 Å². The second-order valence-electron chi connectivity index (χ2n) is 5.52. The molecule has 0 bridgehead atoms. The van der Waals surface area contributed by atoms with Crippen molar-refractivity contribution in [1.82, 2.24) is 0 Å². The van der Waals surface area contributed by atoms with Crippen LogP contribution in [-0.4, -0.2) is 0 Å². The maximum Gasteiger partial charge on any atom is 0.166 e. The van der Waals surface area contributed by atoms with Gasteiger partial charge in [-0.2, -0.15) is 0 Å². The number of rotatable bonds is 2. The van der Waals surface area contributed by atoms with Crippen LogP contribution in [0.5, 0.6) is 0 Å². The van der Waals surface area contributed by atoms with Crippen molar-refractivity contribution in [2.24, 2.45) is 0 Å². The Morgan fingerprint density at radius 1 is 0.875 bits per heavy atom. The van der Waals surface area contributed by atoms with Crippen LogP contribution in [0.15, 0.2) is 66.7 Å². The van der Waals surface area contributed by atoms with Crippen molar-refractivity contribution < 1.29 is 8.78 Å². The molecule has 3 aromatic rings. The van der Waals surface area contributed by atoms with Gasteiger partial charge in [0.25, 0.3) is 0 Å². The lowest BCUT2D eigenvalue weighted by Crippen LogP contribution is -1.87. The fourth-order valence-corrected chi connectivity index (χ4v) is 2.47. The average molecular weight is 318 g/mol. The monoisotopic (exact) mass is 318 g/mol. The molecule has 0 aliphatic carbocycles. The predicted molar refractivity (Wildman–Crippen MR) is 94.8 cm³/mol. The van der Waals surface area contributed by atoms with E-state index in [0.717, 1.165) is 23.6 Å². The summed E-state index contributed by atoms with van der Waals surface area (Å²) in [5.41, 5.74) is 2.93. The summed E-state index contributed by atoms with van der Waals surface area (Å²) in [7, 11) is 0. The summed E-state index contributed by atoms with van der Waals surface area (Å²) >= 11 is 0. The van der Waals surface area contributed by atoms with E-state index in [1.807, 2.05) is 25.1 Å². The molecule has 0 amide bonds. The fourth-order valence-electron chi connectivity index (χ4n) is 2.47. The van der Waals surface area contributed by atoms with E-state index in [1.165, 1.54) is 5.56 Å². The van der Waals surface area contributed by atoms with Crippen molar-refractivity contribution in [1.29, 1.82) is 0 Å². The van der Waals surface area contributed by atoms with E-state index < -0.39 is 11.6 Å². The molecular weight excluding hydrogens is 302 g/mol. The molecule has 0 aromatic heterocycles. The molecule has 0 nitrogen and oxygen atoms in total. The van der Waals surface area contributed by atoms with Crippen LogP contribution >= 0.6 is 0 Å². The molecule has 24 heavy (non-hydrogen) atoms. The first-order valence-corrected chi connectivity index (χ1v) is 7.77. The number of fused-ring (bicyclic) bond motifs is 1. The topological polar surface area (TPSA) is 0 Å². The van der Waals surface area contributed by atoms with Crippen LogP contribution < -0.4 is 0 Å². The Balaban J connectivity index is 1.85. The Bertz CT molecular complexity index is 955. The van der Waals surface area contributed by atoms with Crippen molar-refractivity contribution in [2.45, 2.75) is 13.3 Å². The lowest BCUT2D eigenvalue weighted by Gasteiger charge is -2.01. The van der Waals surface area contributed by atoms with E-state index in [0.29, 0.717) is 5.39 Å². The Kier molecular flexibility index (Phi) is 4.72. The van der Waals surface area contributed by atoms with Gasteiger partial charge in [-0.15, -0.1) is 0 Å². The first-order valence-electron chi connectivity index (χ1n) is 7.77. The van der Waals surface area contributed by atoms with Gasteiger partial charge in [-0.05, 0) is 54.6 Å². The van der Waals surface area contributed by atoms with Crippen LogP contribution in [0.25, 0.3) is 10.8 Å². The van der Waals surface area contributed by atoms with E-state index in [-0.39, 0.29) is 5.39 Å². The largest absolute Gasteiger partial charge is 0.204 e. The molecule has 0 atom stereocenters. The van der Waals surface area contributed by atoms with Gasteiger partial charge in [0.15, 0.2) is 11.6 Å². The lowest BCUT2D eigenvalue weighted by molar-refractivity contribution is 0.517. The standard InChI is InChI=1S/C22H16F2/c1-2-3-4-16-5-7-17(8-6-16)9-10-18-11-13-20-19(15-18)12-14-21(23)22(20)24/h2-3,5-8,11-15H,4H2,1H3. The first kappa shape index (κ1) is 16.0. The molecule has 0 aliphatic heterocycles. The SMILES string of the molecule is CC=CCc1ccc(C#Cc2ccc3c(F)c(F)ccc3c2)cc1. The van der Waals surface area contributed by atoms with Crippen LogP contribution in [0, 0.1) is 23.5 Å². The van der Waals surface area contributed by atoms with Crippen LogP contribution in [0.1, 0.15) is 23.6 Å². The smallest absolute Gasteiger partial charge is 0.166 e. The van der Waals surface area contributed by atoms with Gasteiger partial charge in [0.1, 0.15) is 0 Å². The highest BCUT2D eigenvalue weighted by atomic mass is 19.2. The third-order valence-corrected chi connectivity index (χ3v) is 3.80. The summed E-state index contributed by atoms with van der Waals surface area (Å²) in [4.78, 5) is 0. The molecule has 0 saturated heterocycles. The second-order valence-corrected chi connectivity index (χ2v) is 5.52. The van der Waals surface area contributed by atoms with Crippen molar-refractivity contribution >= 4 is 10.8 Å². The maximum absolute atomic E-state index is 13.7. The molecule has 0 saturated carbocycles. The van der Waals surface area contributed by atoms with Gasteiger partial charge in [0.2, 0.25) is 0 Å². The van der Waals surface area contributed by atoms with Crippen molar-refractivity contribution in [3.8, 4) is 11.8 Å². The minimum absolute atomic E-state index is 0.272. The maximum atomic E-state index is 13.7. The summed E-state index contributed by atoms with van der Waals surface area (Å²) in [6, 6.07) is 15.8. The number of halogens is 2. The van der Waals surface area contributed by atoms with E-state index in [9.17, 15) is 8.78 Å². The third kappa shape index (κ3) is 3.52. The third-order valence-electron chi connectivity index (χ3n) is 3.80. The van der Waals surface area contributed by atoms with E-state index >= 15 is 0 Å². The summed E-state index contributed by atoms with van der Waals surface area (Å²) < 4.78 is 26.9. The second kappa shape index (κ2) is 7.10. The van der Waals surface area contributed by atoms with Crippen LogP contribution in [-0.2, 0) is 6.42 Å². The highest BCUT2D eigenvalue weighted by Gasteiger charge is 2.06. The van der Waals surface area contributed by atoms with Gasteiger partial charge >= 0.3 is 0 Å². The van der Waals surface area contributed by atoms with Crippen LogP contribution in [0.2, 0.25) is 0 Å². The molecule has 118 valence electrons. The Morgan fingerprint density at radius 2 is 1.58 bits per heavy atom. The average Bonchev–Trinajstić information content (AvgIpc) is 2.62. The highest BCUT2D eigenvalue weighted by Crippen LogP contribution is 2.21. The molecule has 0 heterocycles. The minimum atomic E-state index is -0.834. The number of allylic oxidation sites excluding steroid dienone is 2. The highest BCUT2D eigenvalue weighted by molar-refractivity contribution is 5.84. The quantitative estimate of drug-likeness (QED) is 0.424. The molecule has 3 rings (SSSR count). The van der Waals surface area contributed by atoms with Gasteiger partial charge in [0.05, 0.1) is 0 Å². The van der Waals surface area contributed by atoms with Crippen LogP contribution in [0.4, 0.5) is 8.78 Å². The molecule has 0 aliphatic rings. The number of hydrogen-bond acceptors (Lipinski definition) is 0. The zero-order valence-corrected chi connectivity index (χ0v) is 13.3. The molecule has 0 radical (unpaired) electrons. The summed E-state index contributed by atoms with van der Waals surface area (Å²) in [6.45, 7) is 2.00. The zero-order valence-electron chi connectivity index (χ0n) is 13.3. The van der Waals surface area contributed by atoms with Crippen molar-refractivity contribution in [2.75, 3.05) is 0 Å². The molecule has 0 N–H and O–H groups in total. The molecule has 0 spiro atoms. The molecule has 0 unspecified atom stereocenters. The number of hydrogen-bond donors (Lipinski definition) is 0. The first-order chi connectivity index (χ1) is 11.7. The Hall–Kier alpha value is -2.92. The molecule has 3 aromatic carbocycles. The molecule has 0 fully saturated rings. The van der Waals surface area contributed by atoms with E-state index in [2.05, 4.69) is 30.0 Å². The van der Waals surface area contributed by atoms with Gasteiger partial charge in [-0.1, -0.05) is 48.3 Å². The normalized spacial score (nSPS) is 10.8. The lowest BCUT2D eigenvalue weighted by atomic mass is 10.1. The van der Waals surface area contributed by atoms with Gasteiger partial charge in [-0.25, -0.2) is 8.78 Å². The van der Waals surface area contributed by atoms with Crippen LogP contribution in [0.3, 0.4) is 0 Å². The fraction of sp³-hybridized carbons (Fsp3) is 0.0909. The zero-order chi connectivity index (χ0) is 16.9. The summed E-state index contributed by atoms with van der Waals surface area (Å²) in [5, 5.41) is 0.913. The summed E-state index contributed by atoms with van der Waals surface area (Å²) in [5.74, 6) is 4.52. The minimum Gasteiger partial charge on any atom is -0.204 e. The molecule has 2 heteroatoms. The predicted octanol–water partition coefficient (Wildman–Crippen LogP) is 5.64. The van der Waals surface area contributed by atoms with Gasteiger partial charge in [0, 0.05) is 16.5 Å². The number of benzene rings is 3. The molecular formula is C22H16F2. The van der Waals surface area contributed by atoms with Gasteiger partial charge in [-0.3, -0.25) is 0 Å². The summed E-state index contributed by atoms with van der Waals surface area (Å²) in [6.07, 6.45) is 5.05. The Morgan fingerprint density at radius 3 is 2.33 bits per heavy atom. The van der Waals surface area contributed by atoms with Gasteiger partial charge < -0.3 is 0 Å². The van der Waals surface area contributed by atoms with Crippen molar-refractivity contribution in [3.63, 3.8) is 0 Å². The Labute approximate surface area is 140 Å². The van der Waals surface area contributed by atoms with E-state index in [1.54, 1.807) is 24.3 Å². The van der Waals surface area contributed by atoms with Crippen molar-refractivity contribution in [3.05, 3.63) is 95.1 Å².